The topological polar surface area (TPSA) is 73.2 Å². The fraction of sp³-hybridized carbons (Fsp3) is 0.300. The minimum Gasteiger partial charge on any atom is -0.610 e. The first-order valence-electron chi connectivity index (χ1n) is 8.18. The third kappa shape index (κ3) is 4.36. The van der Waals surface area contributed by atoms with E-state index in [-0.39, 0.29) is 16.2 Å². The summed E-state index contributed by atoms with van der Waals surface area (Å²) in [5.74, 6) is -1.21. The Balaban J connectivity index is 2.81. The van der Waals surface area contributed by atoms with Crippen molar-refractivity contribution in [1.29, 1.82) is 5.41 Å². The Morgan fingerprint density at radius 3 is 2.41 bits per heavy atom. The SMILES string of the molecule is COC(=O)c1cccc(SC)c1-c1cccc(F)c1C(=N)[S+]([O-])C(C)(C)C. The van der Waals surface area contributed by atoms with E-state index in [1.807, 2.05) is 12.3 Å². The van der Waals surface area contributed by atoms with Gasteiger partial charge in [0.2, 0.25) is 5.04 Å². The maximum Gasteiger partial charge on any atom is 0.338 e. The predicted molar refractivity (Wildman–Crippen MR) is 110 cm³/mol. The van der Waals surface area contributed by atoms with Gasteiger partial charge in [0, 0.05) is 27.2 Å². The van der Waals surface area contributed by atoms with Gasteiger partial charge in [-0.3, -0.25) is 5.41 Å². The number of nitrogens with one attached hydrogen (secondary N) is 1. The highest BCUT2D eigenvalue weighted by Crippen LogP contribution is 2.38. The number of hydrogen-bond acceptors (Lipinski definition) is 5. The van der Waals surface area contributed by atoms with Gasteiger partial charge in [-0.1, -0.05) is 18.2 Å². The van der Waals surface area contributed by atoms with Crippen molar-refractivity contribution < 1.29 is 18.5 Å². The molecule has 0 bridgehead atoms. The predicted octanol–water partition coefficient (Wildman–Crippen LogP) is 4.87. The van der Waals surface area contributed by atoms with Crippen LogP contribution in [0.4, 0.5) is 4.39 Å². The summed E-state index contributed by atoms with van der Waals surface area (Å²) < 4.78 is 31.7. The Morgan fingerprint density at radius 1 is 1.22 bits per heavy atom. The zero-order valence-corrected chi connectivity index (χ0v) is 17.5. The van der Waals surface area contributed by atoms with E-state index in [1.165, 1.54) is 31.0 Å². The van der Waals surface area contributed by atoms with Crippen molar-refractivity contribution >= 4 is 34.0 Å². The average Bonchev–Trinajstić information content (AvgIpc) is 2.64. The zero-order valence-electron chi connectivity index (χ0n) is 15.9. The van der Waals surface area contributed by atoms with Gasteiger partial charge in [-0.2, -0.15) is 0 Å². The van der Waals surface area contributed by atoms with Crippen LogP contribution in [0, 0.1) is 11.2 Å². The Labute approximate surface area is 166 Å². The van der Waals surface area contributed by atoms with Gasteiger partial charge >= 0.3 is 5.97 Å². The zero-order chi connectivity index (χ0) is 20.4. The summed E-state index contributed by atoms with van der Waals surface area (Å²) in [4.78, 5) is 13.0. The molecular weight excluding hydrogens is 385 g/mol. The van der Waals surface area contributed by atoms with Gasteiger partial charge in [-0.15, -0.1) is 11.8 Å². The fourth-order valence-electron chi connectivity index (χ4n) is 2.62. The molecule has 0 aliphatic carbocycles. The summed E-state index contributed by atoms with van der Waals surface area (Å²) in [7, 11) is 1.28. The van der Waals surface area contributed by atoms with Crippen LogP contribution in [0.25, 0.3) is 11.1 Å². The van der Waals surface area contributed by atoms with E-state index in [4.69, 9.17) is 10.1 Å². The van der Waals surface area contributed by atoms with Crippen molar-refractivity contribution in [2.45, 2.75) is 30.4 Å². The van der Waals surface area contributed by atoms with Crippen molar-refractivity contribution in [3.8, 4) is 11.1 Å². The lowest BCUT2D eigenvalue weighted by atomic mass is 9.95. The third-order valence-electron chi connectivity index (χ3n) is 3.90. The second-order valence-electron chi connectivity index (χ2n) is 6.75. The molecule has 0 amide bonds. The van der Waals surface area contributed by atoms with E-state index in [0.29, 0.717) is 11.1 Å². The van der Waals surface area contributed by atoms with E-state index < -0.39 is 27.7 Å². The molecule has 27 heavy (non-hydrogen) atoms. The molecule has 1 atom stereocenters. The van der Waals surface area contributed by atoms with Crippen LogP contribution in [-0.2, 0) is 15.9 Å². The number of methoxy groups -OCH3 is 1. The Morgan fingerprint density at radius 2 is 1.85 bits per heavy atom. The molecule has 0 aliphatic heterocycles. The maximum absolute atomic E-state index is 14.8. The molecule has 2 rings (SSSR count). The molecule has 2 aromatic rings. The van der Waals surface area contributed by atoms with Crippen LogP contribution in [0.1, 0.15) is 36.7 Å². The smallest absolute Gasteiger partial charge is 0.338 e. The molecule has 1 unspecified atom stereocenters. The minimum atomic E-state index is -1.73. The van der Waals surface area contributed by atoms with Crippen molar-refractivity contribution in [2.75, 3.05) is 13.4 Å². The van der Waals surface area contributed by atoms with Gasteiger partial charge in [0.25, 0.3) is 0 Å². The molecule has 0 aliphatic rings. The summed E-state index contributed by atoms with van der Waals surface area (Å²) in [5, 5.41) is 8.11. The summed E-state index contributed by atoms with van der Waals surface area (Å²) in [6.07, 6.45) is 1.84. The van der Waals surface area contributed by atoms with Crippen molar-refractivity contribution in [2.24, 2.45) is 0 Å². The highest BCUT2D eigenvalue weighted by Gasteiger charge is 2.35. The van der Waals surface area contributed by atoms with E-state index >= 15 is 0 Å². The van der Waals surface area contributed by atoms with Gasteiger partial charge < -0.3 is 9.29 Å². The van der Waals surface area contributed by atoms with Crippen molar-refractivity contribution in [1.82, 2.24) is 0 Å². The molecule has 0 spiro atoms. The van der Waals surface area contributed by atoms with E-state index in [1.54, 1.807) is 39.0 Å². The number of hydrogen-bond donors (Lipinski definition) is 1. The van der Waals surface area contributed by atoms with Crippen LogP contribution in [-0.4, -0.2) is 33.7 Å². The number of benzene rings is 2. The van der Waals surface area contributed by atoms with Crippen LogP contribution in [0.5, 0.6) is 0 Å². The molecule has 0 radical (unpaired) electrons. The molecule has 0 saturated carbocycles. The Hall–Kier alpha value is -1.83. The van der Waals surface area contributed by atoms with E-state index in [0.717, 1.165) is 4.90 Å². The maximum atomic E-state index is 14.8. The Kier molecular flexibility index (Phi) is 6.72. The molecule has 2 aromatic carbocycles. The average molecular weight is 408 g/mol. The third-order valence-corrected chi connectivity index (χ3v) is 6.37. The highest BCUT2D eigenvalue weighted by molar-refractivity contribution is 8.07. The highest BCUT2D eigenvalue weighted by atomic mass is 32.2. The summed E-state index contributed by atoms with van der Waals surface area (Å²) >= 11 is -0.339. The van der Waals surface area contributed by atoms with Gasteiger partial charge in [0.15, 0.2) is 0 Å². The van der Waals surface area contributed by atoms with Crippen LogP contribution >= 0.6 is 11.8 Å². The molecule has 1 N–H and O–H groups in total. The lowest BCUT2D eigenvalue weighted by Crippen LogP contribution is -2.35. The first kappa shape index (κ1) is 21.5. The van der Waals surface area contributed by atoms with Crippen LogP contribution in [0.2, 0.25) is 0 Å². The molecule has 0 saturated heterocycles. The fourth-order valence-corrected chi connectivity index (χ4v) is 4.27. The summed E-state index contributed by atoms with van der Waals surface area (Å²) in [5.41, 5.74) is 1.04. The molecule has 7 heteroatoms. The number of rotatable bonds is 4. The molecule has 4 nitrogen and oxygen atoms in total. The second kappa shape index (κ2) is 8.46. The van der Waals surface area contributed by atoms with E-state index in [2.05, 4.69) is 0 Å². The molecule has 0 aromatic heterocycles. The quantitative estimate of drug-likeness (QED) is 0.258. The number of halogens is 1. The molecular formula is C20H22FNO3S2. The molecule has 0 heterocycles. The van der Waals surface area contributed by atoms with Gasteiger partial charge in [-0.25, -0.2) is 9.18 Å². The second-order valence-corrected chi connectivity index (χ2v) is 9.77. The lowest BCUT2D eigenvalue weighted by Gasteiger charge is -2.25. The van der Waals surface area contributed by atoms with Crippen LogP contribution in [0.3, 0.4) is 0 Å². The van der Waals surface area contributed by atoms with Gasteiger partial charge in [0.05, 0.1) is 18.2 Å². The van der Waals surface area contributed by atoms with Gasteiger partial charge in [-0.05, 0) is 45.2 Å². The van der Waals surface area contributed by atoms with Crippen molar-refractivity contribution in [3.05, 3.63) is 53.3 Å². The van der Waals surface area contributed by atoms with Crippen molar-refractivity contribution in [3.63, 3.8) is 0 Å². The largest absolute Gasteiger partial charge is 0.610 e. The number of esters is 1. The standard InChI is InChI=1S/C20H22FNO3S2/c1-20(2,3)27(24)18(22)17-12(8-6-10-14(17)21)16-13(19(23)25-4)9-7-11-15(16)26-5/h6-11,22H,1-5H3. The van der Waals surface area contributed by atoms with Crippen LogP contribution in [0.15, 0.2) is 41.3 Å². The minimum absolute atomic E-state index is 0.0580. The monoisotopic (exact) mass is 407 g/mol. The van der Waals surface area contributed by atoms with Crippen LogP contribution < -0.4 is 0 Å². The number of carbonyl (C=O) groups excluding carboxylic acids is 1. The first-order chi connectivity index (χ1) is 12.6. The number of carbonyl (C=O) groups is 1. The lowest BCUT2D eigenvalue weighted by molar-refractivity contribution is 0.0601. The number of thioether (sulfide) groups is 1. The Bertz CT molecular complexity index is 878. The van der Waals surface area contributed by atoms with Gasteiger partial charge in [0.1, 0.15) is 10.6 Å². The molecule has 0 fully saturated rings. The summed E-state index contributed by atoms with van der Waals surface area (Å²) in [6.45, 7) is 5.19. The van der Waals surface area contributed by atoms with E-state index in [9.17, 15) is 13.7 Å². The first-order valence-corrected chi connectivity index (χ1v) is 10.6. The normalized spacial score (nSPS) is 12.6. The number of ether oxygens (including phenoxy) is 1. The molecule has 144 valence electrons. The summed E-state index contributed by atoms with van der Waals surface area (Å²) in [6, 6.07) is 9.51.